The molecular weight excluding hydrogens is 226 g/mol. The fourth-order valence-corrected chi connectivity index (χ4v) is 1.33. The number of alkyl halides is 3. The third-order valence-corrected chi connectivity index (χ3v) is 1.89. The number of imide groups is 1. The molecule has 1 unspecified atom stereocenters. The highest BCUT2D eigenvalue weighted by Crippen LogP contribution is 2.33. The van der Waals surface area contributed by atoms with Crippen LogP contribution in [0.1, 0.15) is 6.92 Å². The van der Waals surface area contributed by atoms with E-state index >= 15 is 0 Å². The van der Waals surface area contributed by atoms with E-state index < -0.39 is 21.9 Å². The highest BCUT2D eigenvalue weighted by atomic mass is 35.6. The lowest BCUT2D eigenvalue weighted by atomic mass is 10.3. The van der Waals surface area contributed by atoms with E-state index in [2.05, 4.69) is 5.32 Å². The van der Waals surface area contributed by atoms with Gasteiger partial charge in [-0.3, -0.25) is 4.79 Å². The van der Waals surface area contributed by atoms with Crippen molar-refractivity contribution in [1.29, 1.82) is 0 Å². The Kier molecular flexibility index (Phi) is 2.42. The quantitative estimate of drug-likeness (QED) is 0.388. The summed E-state index contributed by atoms with van der Waals surface area (Å²) in [5.41, 5.74) is 0. The second-order valence-electron chi connectivity index (χ2n) is 2.31. The van der Waals surface area contributed by atoms with Crippen LogP contribution in [0.4, 0.5) is 4.79 Å². The highest BCUT2D eigenvalue weighted by Gasteiger charge is 2.46. The van der Waals surface area contributed by atoms with Crippen molar-refractivity contribution in [2.24, 2.45) is 0 Å². The number of carbonyl (C=O) groups excluding carboxylic acids is 2. The van der Waals surface area contributed by atoms with Gasteiger partial charge >= 0.3 is 6.03 Å². The van der Waals surface area contributed by atoms with Crippen LogP contribution in [0.3, 0.4) is 0 Å². The fourth-order valence-electron chi connectivity index (χ4n) is 0.845. The molecular formula is C5H5Cl3N2O2. The molecule has 7 heteroatoms. The molecule has 0 saturated carbocycles. The van der Waals surface area contributed by atoms with Crippen LogP contribution in [-0.4, -0.2) is 26.8 Å². The van der Waals surface area contributed by atoms with E-state index in [1.807, 2.05) is 0 Å². The predicted octanol–water partition coefficient (Wildman–Crippen LogP) is 1.25. The van der Waals surface area contributed by atoms with Gasteiger partial charge in [-0.15, -0.1) is 0 Å². The molecule has 0 radical (unpaired) electrons. The highest BCUT2D eigenvalue weighted by molar-refractivity contribution is 6.68. The van der Waals surface area contributed by atoms with Gasteiger partial charge in [0, 0.05) is 0 Å². The maximum Gasteiger partial charge on any atom is 0.328 e. The van der Waals surface area contributed by atoms with Crippen LogP contribution in [0.2, 0.25) is 0 Å². The van der Waals surface area contributed by atoms with E-state index in [0.29, 0.717) is 4.90 Å². The van der Waals surface area contributed by atoms with Gasteiger partial charge in [0.1, 0.15) is 6.04 Å². The Bertz CT molecular complexity index is 237. The van der Waals surface area contributed by atoms with Crippen LogP contribution in [0.5, 0.6) is 0 Å². The number of hydrogen-bond donors (Lipinski definition) is 1. The van der Waals surface area contributed by atoms with Crippen molar-refractivity contribution in [3.05, 3.63) is 0 Å². The summed E-state index contributed by atoms with van der Waals surface area (Å²) in [6, 6.07) is -1.32. The van der Waals surface area contributed by atoms with Crippen LogP contribution < -0.4 is 5.32 Å². The van der Waals surface area contributed by atoms with Crippen LogP contribution in [0.25, 0.3) is 0 Å². The fraction of sp³-hybridized carbons (Fsp3) is 0.600. The lowest BCUT2D eigenvalue weighted by Crippen LogP contribution is -2.41. The van der Waals surface area contributed by atoms with E-state index in [9.17, 15) is 9.59 Å². The molecule has 0 aromatic carbocycles. The van der Waals surface area contributed by atoms with Crippen LogP contribution >= 0.6 is 34.8 Å². The molecule has 1 aliphatic rings. The molecule has 1 fully saturated rings. The molecule has 4 nitrogen and oxygen atoms in total. The molecule has 0 bridgehead atoms. The van der Waals surface area contributed by atoms with Gasteiger partial charge in [-0.05, 0) is 6.92 Å². The number of nitrogens with zero attached hydrogens (tertiary/aromatic N) is 1. The van der Waals surface area contributed by atoms with Crippen LogP contribution in [-0.2, 0) is 4.79 Å². The first-order valence-electron chi connectivity index (χ1n) is 3.05. The minimum absolute atomic E-state index is 0.542. The molecule has 1 aliphatic heterocycles. The summed E-state index contributed by atoms with van der Waals surface area (Å²) in [7, 11) is 0. The SMILES string of the molecule is CC1NC(=O)N(C(Cl)(Cl)Cl)C1=O. The summed E-state index contributed by atoms with van der Waals surface area (Å²) >= 11 is 16.1. The number of halogens is 3. The van der Waals surface area contributed by atoms with E-state index in [1.54, 1.807) is 0 Å². The van der Waals surface area contributed by atoms with Crippen molar-refractivity contribution >= 4 is 46.7 Å². The van der Waals surface area contributed by atoms with Gasteiger partial charge in [0.2, 0.25) is 0 Å². The summed E-state index contributed by atoms with van der Waals surface area (Å²) in [5, 5.41) is 2.31. The Labute approximate surface area is 83.7 Å². The van der Waals surface area contributed by atoms with Crippen LogP contribution in [0, 0.1) is 0 Å². The second-order valence-corrected chi connectivity index (χ2v) is 4.53. The monoisotopic (exact) mass is 230 g/mol. The maximum atomic E-state index is 11.2. The normalized spacial score (nSPS) is 24.7. The molecule has 3 amide bonds. The lowest BCUT2D eigenvalue weighted by molar-refractivity contribution is -0.127. The van der Waals surface area contributed by atoms with Gasteiger partial charge in [-0.1, -0.05) is 34.8 Å². The number of carbonyl (C=O) groups is 2. The van der Waals surface area contributed by atoms with Gasteiger partial charge in [0.25, 0.3) is 9.82 Å². The predicted molar refractivity (Wildman–Crippen MR) is 45.1 cm³/mol. The second kappa shape index (κ2) is 2.94. The van der Waals surface area contributed by atoms with Crippen molar-refractivity contribution in [1.82, 2.24) is 10.2 Å². The Morgan fingerprint density at radius 2 is 1.92 bits per heavy atom. The van der Waals surface area contributed by atoms with Crippen molar-refractivity contribution in [3.8, 4) is 0 Å². The number of amides is 3. The molecule has 12 heavy (non-hydrogen) atoms. The van der Waals surface area contributed by atoms with Crippen molar-refractivity contribution in [3.63, 3.8) is 0 Å². The number of rotatable bonds is 0. The van der Waals surface area contributed by atoms with E-state index in [0.717, 1.165) is 0 Å². The molecule has 1 saturated heterocycles. The molecule has 1 N–H and O–H groups in total. The number of urea groups is 1. The molecule has 1 rings (SSSR count). The first kappa shape index (κ1) is 9.89. The van der Waals surface area contributed by atoms with Crippen molar-refractivity contribution in [2.75, 3.05) is 0 Å². The molecule has 1 heterocycles. The summed E-state index contributed by atoms with van der Waals surface area (Å²) in [6.07, 6.45) is 0. The summed E-state index contributed by atoms with van der Waals surface area (Å²) in [6.45, 7) is 1.51. The molecule has 68 valence electrons. The largest absolute Gasteiger partial charge is 0.328 e. The summed E-state index contributed by atoms with van der Waals surface area (Å²) < 4.78 is -2.01. The lowest BCUT2D eigenvalue weighted by Gasteiger charge is -2.20. The average Bonchev–Trinajstić information content (AvgIpc) is 2.05. The Hall–Kier alpha value is -0.190. The smallest absolute Gasteiger partial charge is 0.326 e. The molecule has 1 atom stereocenters. The Balaban J connectivity index is 2.92. The minimum atomic E-state index is -2.01. The summed E-state index contributed by atoms with van der Waals surface area (Å²) in [4.78, 5) is 22.7. The van der Waals surface area contributed by atoms with E-state index in [4.69, 9.17) is 34.8 Å². The molecule has 0 spiro atoms. The topological polar surface area (TPSA) is 49.4 Å². The zero-order valence-corrected chi connectivity index (χ0v) is 8.24. The maximum absolute atomic E-state index is 11.2. The third kappa shape index (κ3) is 1.60. The zero-order valence-electron chi connectivity index (χ0n) is 5.97. The standard InChI is InChI=1S/C5H5Cl3N2O2/c1-2-3(11)10(4(12)9-2)5(6,7)8/h2H,1H3,(H,9,12). The first-order chi connectivity index (χ1) is 5.34. The van der Waals surface area contributed by atoms with Crippen molar-refractivity contribution in [2.45, 2.75) is 16.9 Å². The van der Waals surface area contributed by atoms with Crippen molar-refractivity contribution < 1.29 is 9.59 Å². The number of nitrogens with one attached hydrogen (secondary N) is 1. The van der Waals surface area contributed by atoms with Gasteiger partial charge in [-0.2, -0.15) is 0 Å². The first-order valence-corrected chi connectivity index (χ1v) is 4.18. The van der Waals surface area contributed by atoms with Gasteiger partial charge < -0.3 is 5.32 Å². The third-order valence-electron chi connectivity index (χ3n) is 1.39. The molecule has 0 aromatic rings. The Morgan fingerprint density at radius 1 is 1.42 bits per heavy atom. The minimum Gasteiger partial charge on any atom is -0.326 e. The van der Waals surface area contributed by atoms with Gasteiger partial charge in [0.15, 0.2) is 0 Å². The van der Waals surface area contributed by atoms with Crippen LogP contribution in [0.15, 0.2) is 0 Å². The molecule has 0 aromatic heterocycles. The summed E-state index contributed by atoms with van der Waals surface area (Å²) in [5.74, 6) is -0.542. The average molecular weight is 231 g/mol. The molecule has 0 aliphatic carbocycles. The van der Waals surface area contributed by atoms with Gasteiger partial charge in [0.05, 0.1) is 0 Å². The van der Waals surface area contributed by atoms with E-state index in [1.165, 1.54) is 6.92 Å². The number of hydrogen-bond acceptors (Lipinski definition) is 2. The van der Waals surface area contributed by atoms with Gasteiger partial charge in [-0.25, -0.2) is 9.69 Å². The Morgan fingerprint density at radius 3 is 2.08 bits per heavy atom. The zero-order chi connectivity index (χ0) is 9.52. The van der Waals surface area contributed by atoms with E-state index in [-0.39, 0.29) is 0 Å².